The lowest BCUT2D eigenvalue weighted by atomic mass is 9.73. The largest absolute Gasteiger partial charge is 0.391 e. The zero-order valence-corrected chi connectivity index (χ0v) is 13.3. The highest BCUT2D eigenvalue weighted by atomic mass is 16.3. The normalized spacial score (nSPS) is 43.2. The highest BCUT2D eigenvalue weighted by molar-refractivity contribution is 4.92. The molecule has 0 spiro atoms. The van der Waals surface area contributed by atoms with E-state index in [1.807, 2.05) is 0 Å². The van der Waals surface area contributed by atoms with E-state index in [9.17, 15) is 5.11 Å². The third-order valence-corrected chi connectivity index (χ3v) is 6.38. The molecule has 0 aromatic rings. The molecule has 1 N–H and O–H groups in total. The first kappa shape index (κ1) is 14.8. The van der Waals surface area contributed by atoms with Crippen molar-refractivity contribution < 1.29 is 5.11 Å². The van der Waals surface area contributed by atoms with E-state index in [-0.39, 0.29) is 6.10 Å². The minimum Gasteiger partial charge on any atom is -0.391 e. The molecule has 2 saturated carbocycles. The molecule has 3 rings (SSSR count). The van der Waals surface area contributed by atoms with Gasteiger partial charge in [0.1, 0.15) is 0 Å². The van der Waals surface area contributed by atoms with Crippen LogP contribution in [-0.2, 0) is 0 Å². The van der Waals surface area contributed by atoms with Crippen LogP contribution < -0.4 is 0 Å². The number of hydrogen-bond donors (Lipinski definition) is 1. The molecule has 5 atom stereocenters. The van der Waals surface area contributed by atoms with Gasteiger partial charge in [0.05, 0.1) is 6.10 Å². The Morgan fingerprint density at radius 2 is 1.80 bits per heavy atom. The van der Waals surface area contributed by atoms with Gasteiger partial charge in [0.2, 0.25) is 0 Å². The number of rotatable bonds is 3. The van der Waals surface area contributed by atoms with Crippen LogP contribution in [0.3, 0.4) is 0 Å². The van der Waals surface area contributed by atoms with Crippen molar-refractivity contribution in [1.29, 1.82) is 0 Å². The van der Waals surface area contributed by atoms with Crippen molar-refractivity contribution in [1.82, 2.24) is 4.90 Å². The molecule has 0 bridgehead atoms. The summed E-state index contributed by atoms with van der Waals surface area (Å²) in [5, 5.41) is 10.5. The molecule has 1 aliphatic heterocycles. The van der Waals surface area contributed by atoms with Gasteiger partial charge in [0.25, 0.3) is 0 Å². The van der Waals surface area contributed by atoms with Crippen LogP contribution in [0.2, 0.25) is 0 Å². The van der Waals surface area contributed by atoms with Gasteiger partial charge in [0, 0.05) is 12.6 Å². The summed E-state index contributed by atoms with van der Waals surface area (Å²) in [6, 6.07) is 0.475. The summed E-state index contributed by atoms with van der Waals surface area (Å²) in [4.78, 5) is 2.68. The van der Waals surface area contributed by atoms with Crippen LogP contribution in [0.15, 0.2) is 0 Å². The molecule has 3 aliphatic rings. The number of fused-ring (bicyclic) bond motifs is 1. The van der Waals surface area contributed by atoms with Gasteiger partial charge in [-0.3, -0.25) is 4.90 Å². The Bertz CT molecular complexity index is 306. The standard InChI is InChI=1S/C18H33NO/c1-2-5-14-8-9-18(20)17(12-14)19-11-10-15-6-3-4-7-16(15)13-19/h14-18,20H,2-13H2,1H3. The lowest BCUT2D eigenvalue weighted by molar-refractivity contribution is -0.0323. The summed E-state index contributed by atoms with van der Waals surface area (Å²) in [6.45, 7) is 4.83. The molecule has 2 aliphatic carbocycles. The fourth-order valence-electron chi connectivity index (χ4n) is 5.21. The SMILES string of the molecule is CCCC1CCC(O)C(N2CCC3CCCCC3C2)C1. The van der Waals surface area contributed by atoms with Crippen molar-refractivity contribution in [2.45, 2.75) is 83.3 Å². The van der Waals surface area contributed by atoms with Crippen molar-refractivity contribution in [3.63, 3.8) is 0 Å². The summed E-state index contributed by atoms with van der Waals surface area (Å²) in [6.07, 6.45) is 13.4. The van der Waals surface area contributed by atoms with Crippen molar-refractivity contribution in [2.75, 3.05) is 13.1 Å². The molecule has 1 heterocycles. The number of likely N-dealkylation sites (tertiary alicyclic amines) is 1. The number of aliphatic hydroxyl groups excluding tert-OH is 1. The Labute approximate surface area is 124 Å². The average Bonchev–Trinajstić information content (AvgIpc) is 2.49. The fraction of sp³-hybridized carbons (Fsp3) is 1.00. The van der Waals surface area contributed by atoms with Gasteiger partial charge in [-0.25, -0.2) is 0 Å². The Hall–Kier alpha value is -0.0800. The van der Waals surface area contributed by atoms with Crippen molar-refractivity contribution in [2.24, 2.45) is 17.8 Å². The Morgan fingerprint density at radius 3 is 2.60 bits per heavy atom. The molecule has 1 saturated heterocycles. The van der Waals surface area contributed by atoms with Gasteiger partial charge in [-0.05, 0) is 56.4 Å². The molecule has 0 radical (unpaired) electrons. The molecule has 116 valence electrons. The Balaban J connectivity index is 1.59. The van der Waals surface area contributed by atoms with Gasteiger partial charge in [-0.15, -0.1) is 0 Å². The van der Waals surface area contributed by atoms with Gasteiger partial charge >= 0.3 is 0 Å². The first-order valence-corrected chi connectivity index (χ1v) is 9.20. The van der Waals surface area contributed by atoms with E-state index >= 15 is 0 Å². The Morgan fingerprint density at radius 1 is 1.00 bits per heavy atom. The first-order valence-electron chi connectivity index (χ1n) is 9.20. The number of hydrogen-bond acceptors (Lipinski definition) is 2. The zero-order chi connectivity index (χ0) is 13.9. The van der Waals surface area contributed by atoms with Crippen LogP contribution in [0, 0.1) is 17.8 Å². The lowest BCUT2D eigenvalue weighted by Crippen LogP contribution is -2.53. The van der Waals surface area contributed by atoms with Gasteiger partial charge in [-0.2, -0.15) is 0 Å². The van der Waals surface area contributed by atoms with E-state index in [2.05, 4.69) is 11.8 Å². The molecule has 3 fully saturated rings. The van der Waals surface area contributed by atoms with Crippen LogP contribution >= 0.6 is 0 Å². The van der Waals surface area contributed by atoms with Gasteiger partial charge in [0.15, 0.2) is 0 Å². The maximum absolute atomic E-state index is 10.5. The smallest absolute Gasteiger partial charge is 0.0695 e. The maximum atomic E-state index is 10.5. The zero-order valence-electron chi connectivity index (χ0n) is 13.3. The van der Waals surface area contributed by atoms with E-state index < -0.39 is 0 Å². The van der Waals surface area contributed by atoms with E-state index in [4.69, 9.17) is 0 Å². The van der Waals surface area contributed by atoms with Crippen LogP contribution in [0.5, 0.6) is 0 Å². The number of aliphatic hydroxyl groups is 1. The summed E-state index contributed by atoms with van der Waals surface area (Å²) < 4.78 is 0. The molecular weight excluding hydrogens is 246 g/mol. The van der Waals surface area contributed by atoms with E-state index in [1.165, 1.54) is 70.9 Å². The second-order valence-corrected chi connectivity index (χ2v) is 7.69. The minimum atomic E-state index is -0.0525. The van der Waals surface area contributed by atoms with Crippen molar-refractivity contribution >= 4 is 0 Å². The minimum absolute atomic E-state index is 0.0525. The predicted molar refractivity (Wildman–Crippen MR) is 83.7 cm³/mol. The van der Waals surface area contributed by atoms with E-state index in [1.54, 1.807) is 0 Å². The van der Waals surface area contributed by atoms with E-state index in [0.29, 0.717) is 6.04 Å². The lowest BCUT2D eigenvalue weighted by Gasteiger charge is -2.47. The predicted octanol–water partition coefficient (Wildman–Crippen LogP) is 3.83. The monoisotopic (exact) mass is 279 g/mol. The molecule has 2 heteroatoms. The third kappa shape index (κ3) is 3.22. The van der Waals surface area contributed by atoms with Gasteiger partial charge in [-0.1, -0.05) is 39.0 Å². The average molecular weight is 279 g/mol. The molecule has 0 aromatic carbocycles. The molecule has 5 unspecified atom stereocenters. The van der Waals surface area contributed by atoms with Gasteiger partial charge < -0.3 is 5.11 Å². The highest BCUT2D eigenvalue weighted by Crippen LogP contribution is 2.39. The molecule has 20 heavy (non-hydrogen) atoms. The molecule has 0 amide bonds. The van der Waals surface area contributed by atoms with Crippen LogP contribution in [0.4, 0.5) is 0 Å². The van der Waals surface area contributed by atoms with Crippen molar-refractivity contribution in [3.8, 4) is 0 Å². The summed E-state index contributed by atoms with van der Waals surface area (Å²) in [5.74, 6) is 2.82. The molecule has 2 nitrogen and oxygen atoms in total. The molecular formula is C18H33NO. The Kier molecular flexibility index (Phi) is 5.04. The molecule has 0 aromatic heterocycles. The quantitative estimate of drug-likeness (QED) is 0.849. The second-order valence-electron chi connectivity index (χ2n) is 7.69. The topological polar surface area (TPSA) is 23.5 Å². The number of piperidine rings is 1. The first-order chi connectivity index (χ1) is 9.78. The summed E-state index contributed by atoms with van der Waals surface area (Å²) in [5.41, 5.74) is 0. The highest BCUT2D eigenvalue weighted by Gasteiger charge is 2.38. The van der Waals surface area contributed by atoms with E-state index in [0.717, 1.165) is 24.2 Å². The van der Waals surface area contributed by atoms with Crippen molar-refractivity contribution in [3.05, 3.63) is 0 Å². The number of nitrogens with zero attached hydrogens (tertiary/aromatic N) is 1. The fourth-order valence-corrected chi connectivity index (χ4v) is 5.21. The van der Waals surface area contributed by atoms with Crippen LogP contribution in [-0.4, -0.2) is 35.2 Å². The summed E-state index contributed by atoms with van der Waals surface area (Å²) in [7, 11) is 0. The van der Waals surface area contributed by atoms with Crippen LogP contribution in [0.1, 0.15) is 71.1 Å². The van der Waals surface area contributed by atoms with Crippen LogP contribution in [0.25, 0.3) is 0 Å². The third-order valence-electron chi connectivity index (χ3n) is 6.38. The maximum Gasteiger partial charge on any atom is 0.0695 e. The second kappa shape index (κ2) is 6.79. The summed E-state index contributed by atoms with van der Waals surface area (Å²) >= 11 is 0.